The topological polar surface area (TPSA) is 47.0 Å². The van der Waals surface area contributed by atoms with E-state index in [2.05, 4.69) is 29.1 Å². The maximum Gasteiger partial charge on any atom is 0.232 e. The number of aromatic nitrogens is 2. The van der Waals surface area contributed by atoms with E-state index in [1.165, 1.54) is 4.88 Å². The molecule has 4 nitrogen and oxygen atoms in total. The van der Waals surface area contributed by atoms with Gasteiger partial charge < -0.3 is 10.1 Å². The molecule has 2 aromatic heterocycles. The lowest BCUT2D eigenvalue weighted by Gasteiger charge is -2.08. The fraction of sp³-hybridized carbons (Fsp3) is 0.429. The second-order valence-corrected chi connectivity index (χ2v) is 5.77. The van der Waals surface area contributed by atoms with Crippen LogP contribution in [0.15, 0.2) is 29.9 Å². The summed E-state index contributed by atoms with van der Waals surface area (Å²) in [6.45, 7) is 6.61. The van der Waals surface area contributed by atoms with Crippen LogP contribution < -0.4 is 10.1 Å². The summed E-state index contributed by atoms with van der Waals surface area (Å²) in [6, 6.07) is 4.06. The Morgan fingerprint density at radius 1 is 1.37 bits per heavy atom. The zero-order valence-electron chi connectivity index (χ0n) is 11.3. The predicted molar refractivity (Wildman–Crippen MR) is 77.2 cm³/mol. The van der Waals surface area contributed by atoms with E-state index in [0.29, 0.717) is 18.4 Å². The Morgan fingerprint density at radius 2 is 2.26 bits per heavy atom. The van der Waals surface area contributed by atoms with Crippen molar-refractivity contribution in [1.29, 1.82) is 0 Å². The lowest BCUT2D eigenvalue weighted by Crippen LogP contribution is -2.19. The van der Waals surface area contributed by atoms with E-state index < -0.39 is 0 Å². The second-order valence-electron chi connectivity index (χ2n) is 4.74. The Bertz CT molecular complexity index is 485. The van der Waals surface area contributed by atoms with Crippen LogP contribution in [0.5, 0.6) is 5.88 Å². The summed E-state index contributed by atoms with van der Waals surface area (Å²) in [4.78, 5) is 9.77. The van der Waals surface area contributed by atoms with Crippen LogP contribution in [-0.4, -0.2) is 16.5 Å². The minimum atomic E-state index is 0.551. The Morgan fingerprint density at radius 3 is 3.00 bits per heavy atom. The molecule has 0 spiro atoms. The number of nitrogens with one attached hydrogen (secondary N) is 1. The molecule has 0 saturated heterocycles. The van der Waals surface area contributed by atoms with Gasteiger partial charge in [-0.05, 0) is 23.9 Å². The molecule has 0 aliphatic rings. The average molecular weight is 277 g/mol. The van der Waals surface area contributed by atoms with Crippen LogP contribution in [0.2, 0.25) is 0 Å². The third kappa shape index (κ3) is 4.96. The fourth-order valence-electron chi connectivity index (χ4n) is 1.57. The molecule has 0 atom stereocenters. The molecular weight excluding hydrogens is 258 g/mol. The van der Waals surface area contributed by atoms with Gasteiger partial charge in [0.25, 0.3) is 0 Å². The monoisotopic (exact) mass is 277 g/mol. The highest BCUT2D eigenvalue weighted by Crippen LogP contribution is 2.12. The molecule has 0 aliphatic heterocycles. The molecule has 0 amide bonds. The van der Waals surface area contributed by atoms with Crippen LogP contribution in [0, 0.1) is 5.92 Å². The van der Waals surface area contributed by atoms with Gasteiger partial charge in [0.2, 0.25) is 5.88 Å². The molecule has 0 fully saturated rings. The van der Waals surface area contributed by atoms with Gasteiger partial charge in [0.1, 0.15) is 6.61 Å². The molecule has 5 heteroatoms. The van der Waals surface area contributed by atoms with Crippen LogP contribution in [-0.2, 0) is 13.2 Å². The van der Waals surface area contributed by atoms with Gasteiger partial charge >= 0.3 is 0 Å². The Labute approximate surface area is 117 Å². The summed E-state index contributed by atoms with van der Waals surface area (Å²) >= 11 is 1.68. The highest BCUT2D eigenvalue weighted by atomic mass is 32.1. The lowest BCUT2D eigenvalue weighted by atomic mass is 10.2. The van der Waals surface area contributed by atoms with E-state index in [1.807, 2.05) is 17.5 Å². The van der Waals surface area contributed by atoms with Gasteiger partial charge in [-0.2, -0.15) is 0 Å². The normalized spacial score (nSPS) is 10.9. The van der Waals surface area contributed by atoms with E-state index in [4.69, 9.17) is 4.74 Å². The van der Waals surface area contributed by atoms with Gasteiger partial charge in [-0.1, -0.05) is 19.9 Å². The Kier molecular flexibility index (Phi) is 5.30. The Balaban J connectivity index is 1.84. The van der Waals surface area contributed by atoms with Gasteiger partial charge in [-0.15, -0.1) is 11.3 Å². The average Bonchev–Trinajstić information content (AvgIpc) is 2.89. The van der Waals surface area contributed by atoms with E-state index in [1.54, 1.807) is 23.7 Å². The number of hydrogen-bond donors (Lipinski definition) is 1. The first-order valence-electron chi connectivity index (χ1n) is 6.41. The molecule has 102 valence electrons. The van der Waals surface area contributed by atoms with Crippen LogP contribution in [0.3, 0.4) is 0 Å². The van der Waals surface area contributed by atoms with E-state index >= 15 is 0 Å². The summed E-state index contributed by atoms with van der Waals surface area (Å²) in [7, 11) is 0. The summed E-state index contributed by atoms with van der Waals surface area (Å²) in [5, 5.41) is 5.38. The third-order valence-corrected chi connectivity index (χ3v) is 3.31. The quantitative estimate of drug-likeness (QED) is 0.845. The molecule has 0 saturated carbocycles. The molecular formula is C14H19N3OS. The summed E-state index contributed by atoms with van der Waals surface area (Å²) in [5.41, 5.74) is 0.907. The van der Waals surface area contributed by atoms with E-state index in [0.717, 1.165) is 18.8 Å². The highest BCUT2D eigenvalue weighted by molar-refractivity contribution is 7.09. The fourth-order valence-corrected chi connectivity index (χ4v) is 2.19. The Hall–Kier alpha value is -1.46. The van der Waals surface area contributed by atoms with Crippen molar-refractivity contribution in [2.45, 2.75) is 27.0 Å². The van der Waals surface area contributed by atoms with E-state index in [-0.39, 0.29) is 0 Å². The van der Waals surface area contributed by atoms with Crippen molar-refractivity contribution in [3.63, 3.8) is 0 Å². The molecule has 0 aromatic carbocycles. The first-order valence-corrected chi connectivity index (χ1v) is 7.29. The molecule has 0 radical (unpaired) electrons. The van der Waals surface area contributed by atoms with Crippen molar-refractivity contribution < 1.29 is 4.74 Å². The molecule has 2 heterocycles. The molecule has 2 rings (SSSR count). The van der Waals surface area contributed by atoms with Crippen LogP contribution >= 0.6 is 11.3 Å². The zero-order chi connectivity index (χ0) is 13.5. The minimum absolute atomic E-state index is 0.551. The maximum absolute atomic E-state index is 5.63. The van der Waals surface area contributed by atoms with Gasteiger partial charge in [-0.3, -0.25) is 4.98 Å². The smallest absolute Gasteiger partial charge is 0.232 e. The molecule has 19 heavy (non-hydrogen) atoms. The van der Waals surface area contributed by atoms with Gasteiger partial charge in [0.05, 0.1) is 11.9 Å². The van der Waals surface area contributed by atoms with Crippen molar-refractivity contribution >= 4 is 11.3 Å². The maximum atomic E-state index is 5.63. The molecule has 0 aliphatic carbocycles. The number of hydrogen-bond acceptors (Lipinski definition) is 5. The van der Waals surface area contributed by atoms with Crippen molar-refractivity contribution in [3.8, 4) is 5.88 Å². The van der Waals surface area contributed by atoms with Crippen molar-refractivity contribution in [3.05, 3.63) is 40.5 Å². The van der Waals surface area contributed by atoms with Crippen molar-refractivity contribution in [2.75, 3.05) is 6.54 Å². The van der Waals surface area contributed by atoms with Gasteiger partial charge in [0, 0.05) is 17.6 Å². The van der Waals surface area contributed by atoms with Crippen molar-refractivity contribution in [2.24, 2.45) is 5.92 Å². The number of rotatable bonds is 7. The molecule has 0 bridgehead atoms. The van der Waals surface area contributed by atoms with Crippen LogP contribution in [0.4, 0.5) is 0 Å². The van der Waals surface area contributed by atoms with Crippen molar-refractivity contribution in [1.82, 2.24) is 15.3 Å². The molecule has 2 aromatic rings. The number of ether oxygens (including phenoxy) is 1. The van der Waals surface area contributed by atoms with Gasteiger partial charge in [0.15, 0.2) is 0 Å². The summed E-state index contributed by atoms with van der Waals surface area (Å²) < 4.78 is 5.63. The number of thiophene rings is 1. The van der Waals surface area contributed by atoms with Crippen LogP contribution in [0.25, 0.3) is 0 Å². The standard InChI is InChI=1S/C14H19N3OS/c1-11(2)6-15-7-12-8-16-9-14(17-12)18-10-13-4-3-5-19-13/h3-5,8-9,11,15H,6-7,10H2,1-2H3. The van der Waals surface area contributed by atoms with Gasteiger partial charge in [-0.25, -0.2) is 4.98 Å². The zero-order valence-corrected chi connectivity index (χ0v) is 12.1. The predicted octanol–water partition coefficient (Wildman–Crippen LogP) is 2.86. The minimum Gasteiger partial charge on any atom is -0.471 e. The third-order valence-electron chi connectivity index (χ3n) is 2.46. The van der Waals surface area contributed by atoms with E-state index in [9.17, 15) is 0 Å². The highest BCUT2D eigenvalue weighted by Gasteiger charge is 2.02. The molecule has 1 N–H and O–H groups in total. The number of nitrogens with zero attached hydrogens (tertiary/aromatic N) is 2. The van der Waals surface area contributed by atoms with Crippen LogP contribution in [0.1, 0.15) is 24.4 Å². The summed E-state index contributed by atoms with van der Waals surface area (Å²) in [5.74, 6) is 1.21. The first-order chi connectivity index (χ1) is 9.24. The molecule has 0 unspecified atom stereocenters. The SMILES string of the molecule is CC(C)CNCc1cncc(OCc2cccs2)n1. The second kappa shape index (κ2) is 7.21. The first kappa shape index (κ1) is 14.0. The summed E-state index contributed by atoms with van der Waals surface area (Å²) in [6.07, 6.45) is 3.42. The lowest BCUT2D eigenvalue weighted by molar-refractivity contribution is 0.294. The largest absolute Gasteiger partial charge is 0.471 e.